The van der Waals surface area contributed by atoms with Crippen molar-refractivity contribution >= 4 is 33.2 Å². The Labute approximate surface area is 177 Å². The zero-order valence-corrected chi connectivity index (χ0v) is 17.7. The first-order valence-electron chi connectivity index (χ1n) is 9.29. The SMILES string of the molecule is Cc1ccc(S(=O)(=O)N2CCCCC2)cc1C(=O)Nc1ccc(Cl)cc1C(F)(F)F. The van der Waals surface area contributed by atoms with Crippen LogP contribution in [0.4, 0.5) is 18.9 Å². The summed E-state index contributed by atoms with van der Waals surface area (Å²) in [7, 11) is -3.79. The van der Waals surface area contributed by atoms with Crippen molar-refractivity contribution in [3.8, 4) is 0 Å². The second-order valence-corrected chi connectivity index (χ2v) is 9.46. The molecule has 0 saturated carbocycles. The van der Waals surface area contributed by atoms with E-state index in [2.05, 4.69) is 5.32 Å². The third kappa shape index (κ3) is 4.79. The maximum Gasteiger partial charge on any atom is 0.418 e. The minimum absolute atomic E-state index is 0.0174. The molecule has 162 valence electrons. The minimum Gasteiger partial charge on any atom is -0.321 e. The molecule has 1 amide bonds. The first kappa shape index (κ1) is 22.6. The molecular weight excluding hydrogens is 441 g/mol. The van der Waals surface area contributed by atoms with Crippen LogP contribution in [0.5, 0.6) is 0 Å². The van der Waals surface area contributed by atoms with Gasteiger partial charge in [-0.2, -0.15) is 17.5 Å². The number of hydrogen-bond acceptors (Lipinski definition) is 3. The molecule has 10 heteroatoms. The van der Waals surface area contributed by atoms with Crippen LogP contribution >= 0.6 is 11.6 Å². The van der Waals surface area contributed by atoms with E-state index in [1.807, 2.05) is 0 Å². The summed E-state index contributed by atoms with van der Waals surface area (Å²) >= 11 is 5.66. The Morgan fingerprint density at radius 2 is 1.73 bits per heavy atom. The van der Waals surface area contributed by atoms with E-state index >= 15 is 0 Å². The average molecular weight is 461 g/mol. The quantitative estimate of drug-likeness (QED) is 0.690. The second kappa shape index (κ2) is 8.56. The van der Waals surface area contributed by atoms with E-state index in [0.29, 0.717) is 18.7 Å². The van der Waals surface area contributed by atoms with Gasteiger partial charge in [0.15, 0.2) is 0 Å². The molecule has 1 heterocycles. The molecule has 0 bridgehead atoms. The lowest BCUT2D eigenvalue weighted by atomic mass is 10.1. The maximum absolute atomic E-state index is 13.3. The van der Waals surface area contributed by atoms with Crippen molar-refractivity contribution in [2.45, 2.75) is 37.3 Å². The molecule has 0 aliphatic carbocycles. The van der Waals surface area contributed by atoms with Crippen LogP contribution in [-0.2, 0) is 16.2 Å². The van der Waals surface area contributed by atoms with Gasteiger partial charge in [-0.1, -0.05) is 24.1 Å². The monoisotopic (exact) mass is 460 g/mol. The zero-order chi connectivity index (χ0) is 22.1. The third-order valence-corrected chi connectivity index (χ3v) is 7.07. The fraction of sp³-hybridized carbons (Fsp3) is 0.350. The molecule has 1 N–H and O–H groups in total. The molecule has 0 spiro atoms. The molecule has 0 unspecified atom stereocenters. The van der Waals surface area contributed by atoms with Gasteiger partial charge in [0.1, 0.15) is 0 Å². The van der Waals surface area contributed by atoms with Crippen LogP contribution in [0.2, 0.25) is 5.02 Å². The number of halogens is 4. The van der Waals surface area contributed by atoms with Crippen LogP contribution < -0.4 is 5.32 Å². The van der Waals surface area contributed by atoms with Crippen LogP contribution in [0.1, 0.15) is 40.7 Å². The summed E-state index contributed by atoms with van der Waals surface area (Å²) in [5, 5.41) is 2.11. The molecule has 5 nitrogen and oxygen atoms in total. The number of rotatable bonds is 4. The lowest BCUT2D eigenvalue weighted by molar-refractivity contribution is -0.136. The third-order valence-electron chi connectivity index (χ3n) is 4.94. The number of piperidine rings is 1. The predicted molar refractivity (Wildman–Crippen MR) is 108 cm³/mol. The summed E-state index contributed by atoms with van der Waals surface area (Å²) < 4.78 is 67.0. The zero-order valence-electron chi connectivity index (χ0n) is 16.1. The van der Waals surface area contributed by atoms with E-state index in [4.69, 9.17) is 11.6 Å². The molecule has 1 fully saturated rings. The van der Waals surface area contributed by atoms with Crippen molar-refractivity contribution in [2.24, 2.45) is 0 Å². The number of carbonyl (C=O) groups is 1. The summed E-state index contributed by atoms with van der Waals surface area (Å²) in [4.78, 5) is 12.7. The molecule has 0 atom stereocenters. The molecular formula is C20H20ClF3N2O3S. The number of sulfonamides is 1. The molecule has 2 aromatic carbocycles. The number of carbonyl (C=O) groups excluding carboxylic acids is 1. The number of anilines is 1. The number of benzene rings is 2. The van der Waals surface area contributed by atoms with Crippen molar-refractivity contribution < 1.29 is 26.4 Å². The number of hydrogen-bond donors (Lipinski definition) is 1. The Bertz CT molecular complexity index is 1070. The minimum atomic E-state index is -4.72. The van der Waals surface area contributed by atoms with Gasteiger partial charge in [0.25, 0.3) is 5.91 Å². The molecule has 1 saturated heterocycles. The van der Waals surface area contributed by atoms with Gasteiger partial charge >= 0.3 is 6.18 Å². The Morgan fingerprint density at radius 1 is 1.07 bits per heavy atom. The Morgan fingerprint density at radius 3 is 2.37 bits per heavy atom. The standard InChI is InChI=1S/C20H20ClF3N2O3S/c1-13-5-7-15(30(28,29)26-9-3-2-4-10-26)12-16(13)19(27)25-18-8-6-14(21)11-17(18)20(22,23)24/h5-8,11-12H,2-4,9-10H2,1H3,(H,25,27). The van der Waals surface area contributed by atoms with E-state index in [9.17, 15) is 26.4 Å². The number of nitrogens with one attached hydrogen (secondary N) is 1. The Hall–Kier alpha value is -2.10. The number of nitrogens with zero attached hydrogens (tertiary/aromatic N) is 1. The first-order valence-corrected chi connectivity index (χ1v) is 11.1. The summed E-state index contributed by atoms with van der Waals surface area (Å²) in [5.41, 5.74) is -1.12. The molecule has 3 rings (SSSR count). The lowest BCUT2D eigenvalue weighted by Crippen LogP contribution is -2.35. The van der Waals surface area contributed by atoms with Gasteiger partial charge in [-0.25, -0.2) is 8.42 Å². The van der Waals surface area contributed by atoms with E-state index in [1.165, 1.54) is 28.6 Å². The highest BCUT2D eigenvalue weighted by Gasteiger charge is 2.34. The van der Waals surface area contributed by atoms with E-state index in [0.717, 1.165) is 31.4 Å². The van der Waals surface area contributed by atoms with Crippen LogP contribution in [0.15, 0.2) is 41.3 Å². The van der Waals surface area contributed by atoms with Gasteiger partial charge in [-0.3, -0.25) is 4.79 Å². The predicted octanol–water partition coefficient (Wildman–Crippen LogP) is 5.09. The molecule has 1 aliphatic rings. The first-order chi connectivity index (χ1) is 14.0. The second-order valence-electron chi connectivity index (χ2n) is 7.08. The molecule has 2 aromatic rings. The summed E-state index contributed by atoms with van der Waals surface area (Å²) in [6.45, 7) is 2.38. The van der Waals surface area contributed by atoms with Gasteiger partial charge in [-0.15, -0.1) is 0 Å². The molecule has 1 aliphatic heterocycles. The molecule has 0 radical (unpaired) electrons. The van der Waals surface area contributed by atoms with Crippen molar-refractivity contribution in [1.29, 1.82) is 0 Å². The maximum atomic E-state index is 13.3. The fourth-order valence-corrected chi connectivity index (χ4v) is 5.03. The van der Waals surface area contributed by atoms with Crippen molar-refractivity contribution in [3.05, 3.63) is 58.1 Å². The van der Waals surface area contributed by atoms with Gasteiger partial charge in [-0.05, 0) is 55.7 Å². The van der Waals surface area contributed by atoms with Gasteiger partial charge in [0, 0.05) is 23.7 Å². The number of alkyl halides is 3. The van der Waals surface area contributed by atoms with Crippen molar-refractivity contribution in [1.82, 2.24) is 4.31 Å². The smallest absolute Gasteiger partial charge is 0.321 e. The average Bonchev–Trinajstić information content (AvgIpc) is 2.69. The topological polar surface area (TPSA) is 66.5 Å². The highest BCUT2D eigenvalue weighted by molar-refractivity contribution is 7.89. The van der Waals surface area contributed by atoms with Gasteiger partial charge in [0.2, 0.25) is 10.0 Å². The summed E-state index contributed by atoms with van der Waals surface area (Å²) in [5.74, 6) is -0.837. The number of amides is 1. The molecule has 0 aromatic heterocycles. The van der Waals surface area contributed by atoms with Crippen LogP contribution in [0.3, 0.4) is 0 Å². The van der Waals surface area contributed by atoms with Crippen molar-refractivity contribution in [3.63, 3.8) is 0 Å². The van der Waals surface area contributed by atoms with Crippen LogP contribution in [0.25, 0.3) is 0 Å². The van der Waals surface area contributed by atoms with E-state index < -0.39 is 33.4 Å². The summed E-state index contributed by atoms with van der Waals surface area (Å²) in [6, 6.07) is 7.10. The van der Waals surface area contributed by atoms with Gasteiger partial charge in [0.05, 0.1) is 16.1 Å². The fourth-order valence-electron chi connectivity index (χ4n) is 3.31. The largest absolute Gasteiger partial charge is 0.418 e. The van der Waals surface area contributed by atoms with E-state index in [-0.39, 0.29) is 15.5 Å². The Balaban J connectivity index is 1.94. The van der Waals surface area contributed by atoms with Crippen LogP contribution in [0, 0.1) is 6.92 Å². The normalized spacial score (nSPS) is 15.8. The number of aryl methyl sites for hydroxylation is 1. The lowest BCUT2D eigenvalue weighted by Gasteiger charge is -2.26. The molecule has 30 heavy (non-hydrogen) atoms. The van der Waals surface area contributed by atoms with Gasteiger partial charge < -0.3 is 5.32 Å². The highest BCUT2D eigenvalue weighted by Crippen LogP contribution is 2.36. The van der Waals surface area contributed by atoms with Crippen molar-refractivity contribution in [2.75, 3.05) is 18.4 Å². The van der Waals surface area contributed by atoms with Crippen LogP contribution in [-0.4, -0.2) is 31.7 Å². The Kier molecular flexibility index (Phi) is 6.45. The van der Waals surface area contributed by atoms with E-state index in [1.54, 1.807) is 6.92 Å². The summed E-state index contributed by atoms with van der Waals surface area (Å²) in [6.07, 6.45) is -2.25. The highest BCUT2D eigenvalue weighted by atomic mass is 35.5.